The number of rotatable bonds is 2. The van der Waals surface area contributed by atoms with Crippen LogP contribution in [-0.2, 0) is 0 Å². The van der Waals surface area contributed by atoms with Crippen LogP contribution in [0.1, 0.15) is 46.0 Å². The summed E-state index contributed by atoms with van der Waals surface area (Å²) in [7, 11) is 0. The van der Waals surface area contributed by atoms with Crippen molar-refractivity contribution in [2.75, 3.05) is 0 Å². The monoisotopic (exact) mass is 150 g/mol. The van der Waals surface area contributed by atoms with Gasteiger partial charge in [0.1, 0.15) is 0 Å². The van der Waals surface area contributed by atoms with Gasteiger partial charge in [0, 0.05) is 0 Å². The van der Waals surface area contributed by atoms with Gasteiger partial charge in [-0.2, -0.15) is 0 Å². The highest BCUT2D eigenvalue weighted by Gasteiger charge is 2.36. The molecule has 2 rings (SSSR count). The molecule has 0 aliphatic heterocycles. The molecule has 0 saturated heterocycles. The van der Waals surface area contributed by atoms with E-state index in [1.165, 1.54) is 32.1 Å². The van der Waals surface area contributed by atoms with Crippen molar-refractivity contribution in [3.05, 3.63) is 11.1 Å². The first-order chi connectivity index (χ1) is 5.36. The van der Waals surface area contributed by atoms with Crippen molar-refractivity contribution < 1.29 is 0 Å². The predicted molar refractivity (Wildman–Crippen MR) is 48.4 cm³/mol. The van der Waals surface area contributed by atoms with Crippen molar-refractivity contribution in [1.82, 2.24) is 0 Å². The Kier molecular flexibility index (Phi) is 1.78. The average molecular weight is 150 g/mol. The van der Waals surface area contributed by atoms with Crippen LogP contribution in [0.15, 0.2) is 11.1 Å². The van der Waals surface area contributed by atoms with Gasteiger partial charge < -0.3 is 0 Å². The van der Waals surface area contributed by atoms with E-state index in [9.17, 15) is 0 Å². The SMILES string of the molecule is CCC1CCC2=C(C2)C1CC. The molecule has 11 heavy (non-hydrogen) atoms. The molecule has 0 aromatic heterocycles. The van der Waals surface area contributed by atoms with Gasteiger partial charge in [0.2, 0.25) is 0 Å². The molecule has 2 atom stereocenters. The summed E-state index contributed by atoms with van der Waals surface area (Å²) < 4.78 is 0. The van der Waals surface area contributed by atoms with Crippen molar-refractivity contribution in [2.24, 2.45) is 11.8 Å². The third kappa shape index (κ3) is 1.13. The minimum atomic E-state index is 0.990. The van der Waals surface area contributed by atoms with E-state index in [2.05, 4.69) is 13.8 Å². The molecule has 2 unspecified atom stereocenters. The van der Waals surface area contributed by atoms with Gasteiger partial charge in [-0.3, -0.25) is 0 Å². The predicted octanol–water partition coefficient (Wildman–Crippen LogP) is 3.53. The molecule has 0 spiro atoms. The normalized spacial score (nSPS) is 35.5. The lowest BCUT2D eigenvalue weighted by Gasteiger charge is -2.25. The maximum absolute atomic E-state index is 2.35. The molecule has 0 nitrogen and oxygen atoms in total. The lowest BCUT2D eigenvalue weighted by Crippen LogP contribution is -2.14. The summed E-state index contributed by atoms with van der Waals surface area (Å²) in [5.74, 6) is 2.02. The van der Waals surface area contributed by atoms with E-state index in [-0.39, 0.29) is 0 Å². The van der Waals surface area contributed by atoms with Crippen LogP contribution in [0.5, 0.6) is 0 Å². The second-order valence-corrected chi connectivity index (χ2v) is 4.03. The van der Waals surface area contributed by atoms with Crippen molar-refractivity contribution in [1.29, 1.82) is 0 Å². The summed E-state index contributed by atoms with van der Waals surface area (Å²) in [6.45, 7) is 4.70. The molecule has 0 N–H and O–H groups in total. The fourth-order valence-electron chi connectivity index (χ4n) is 2.74. The molecule has 0 bridgehead atoms. The summed E-state index contributed by atoms with van der Waals surface area (Å²) in [4.78, 5) is 0. The Morgan fingerprint density at radius 2 is 2.09 bits per heavy atom. The average Bonchev–Trinajstić information content (AvgIpc) is 2.80. The molecule has 62 valence electrons. The van der Waals surface area contributed by atoms with Crippen LogP contribution >= 0.6 is 0 Å². The summed E-state index contributed by atoms with van der Waals surface area (Å²) in [5, 5.41) is 0. The van der Waals surface area contributed by atoms with E-state index in [1.54, 1.807) is 0 Å². The molecule has 2 aliphatic rings. The Morgan fingerprint density at radius 1 is 1.27 bits per heavy atom. The fraction of sp³-hybridized carbons (Fsp3) is 0.818. The molecular formula is C11H18. The van der Waals surface area contributed by atoms with Crippen LogP contribution in [-0.4, -0.2) is 0 Å². The topological polar surface area (TPSA) is 0 Å². The Morgan fingerprint density at radius 3 is 2.73 bits per heavy atom. The van der Waals surface area contributed by atoms with E-state index in [4.69, 9.17) is 0 Å². The zero-order valence-electron chi connectivity index (χ0n) is 7.69. The third-order valence-corrected chi connectivity index (χ3v) is 3.53. The van der Waals surface area contributed by atoms with Gasteiger partial charge in [0.25, 0.3) is 0 Å². The van der Waals surface area contributed by atoms with E-state index in [1.807, 2.05) is 11.1 Å². The summed E-state index contributed by atoms with van der Waals surface area (Å²) >= 11 is 0. The van der Waals surface area contributed by atoms with Gasteiger partial charge in [0.15, 0.2) is 0 Å². The number of hydrogen-bond donors (Lipinski definition) is 0. The lowest BCUT2D eigenvalue weighted by atomic mass is 9.80. The van der Waals surface area contributed by atoms with Gasteiger partial charge in [-0.05, 0) is 37.5 Å². The number of hydrogen-bond acceptors (Lipinski definition) is 0. The smallest absolute Gasteiger partial charge is 0.00999 e. The standard InChI is InChI=1S/C11H18/c1-3-8-5-6-9-7-11(9)10(8)4-2/h8,10H,3-7H2,1-2H3. The second-order valence-electron chi connectivity index (χ2n) is 4.03. The van der Waals surface area contributed by atoms with Crippen LogP contribution in [0, 0.1) is 11.8 Å². The Bertz CT molecular complexity index is 188. The van der Waals surface area contributed by atoms with Crippen molar-refractivity contribution >= 4 is 0 Å². The quantitative estimate of drug-likeness (QED) is 0.528. The Balaban J connectivity index is 2.09. The zero-order chi connectivity index (χ0) is 7.84. The van der Waals surface area contributed by atoms with Crippen LogP contribution < -0.4 is 0 Å². The highest BCUT2D eigenvalue weighted by molar-refractivity contribution is 5.39. The van der Waals surface area contributed by atoms with Gasteiger partial charge >= 0.3 is 0 Å². The lowest BCUT2D eigenvalue weighted by molar-refractivity contribution is 0.334. The first-order valence-electron chi connectivity index (χ1n) is 5.07. The van der Waals surface area contributed by atoms with Crippen molar-refractivity contribution in [2.45, 2.75) is 46.0 Å². The highest BCUT2D eigenvalue weighted by Crippen LogP contribution is 2.51. The molecule has 0 aromatic rings. The molecule has 0 aromatic carbocycles. The Hall–Kier alpha value is -0.260. The van der Waals surface area contributed by atoms with Gasteiger partial charge in [-0.25, -0.2) is 0 Å². The van der Waals surface area contributed by atoms with Gasteiger partial charge in [-0.15, -0.1) is 0 Å². The third-order valence-electron chi connectivity index (χ3n) is 3.53. The molecular weight excluding hydrogens is 132 g/mol. The molecule has 0 amide bonds. The maximum Gasteiger partial charge on any atom is -0.00999 e. The molecule has 0 fully saturated rings. The first-order valence-corrected chi connectivity index (χ1v) is 5.07. The highest BCUT2D eigenvalue weighted by atomic mass is 14.4. The molecule has 0 heterocycles. The largest absolute Gasteiger partial charge is 0.0663 e. The Labute approximate surface area is 69.7 Å². The first kappa shape index (κ1) is 7.39. The molecule has 2 aliphatic carbocycles. The summed E-state index contributed by atoms with van der Waals surface area (Å²) in [5.41, 5.74) is 3.67. The van der Waals surface area contributed by atoms with E-state index >= 15 is 0 Å². The summed E-state index contributed by atoms with van der Waals surface area (Å²) in [6, 6.07) is 0. The van der Waals surface area contributed by atoms with E-state index in [0.29, 0.717) is 0 Å². The fourth-order valence-corrected chi connectivity index (χ4v) is 2.74. The molecule has 0 saturated carbocycles. The zero-order valence-corrected chi connectivity index (χ0v) is 7.69. The maximum atomic E-state index is 2.35. The second kappa shape index (κ2) is 2.66. The van der Waals surface area contributed by atoms with Gasteiger partial charge in [0.05, 0.1) is 0 Å². The van der Waals surface area contributed by atoms with Gasteiger partial charge in [-0.1, -0.05) is 31.4 Å². The van der Waals surface area contributed by atoms with Crippen molar-refractivity contribution in [3.63, 3.8) is 0 Å². The van der Waals surface area contributed by atoms with Crippen LogP contribution in [0.2, 0.25) is 0 Å². The minimum Gasteiger partial charge on any atom is -0.0663 e. The van der Waals surface area contributed by atoms with E-state index < -0.39 is 0 Å². The van der Waals surface area contributed by atoms with Crippen LogP contribution in [0.25, 0.3) is 0 Å². The van der Waals surface area contributed by atoms with Crippen LogP contribution in [0.4, 0.5) is 0 Å². The van der Waals surface area contributed by atoms with Crippen LogP contribution in [0.3, 0.4) is 0 Å². The van der Waals surface area contributed by atoms with Crippen molar-refractivity contribution in [3.8, 4) is 0 Å². The molecule has 0 radical (unpaired) electrons. The summed E-state index contributed by atoms with van der Waals surface area (Å²) in [6.07, 6.45) is 7.11. The van der Waals surface area contributed by atoms with E-state index in [0.717, 1.165) is 11.8 Å². The number of allylic oxidation sites excluding steroid dienone is 2. The molecule has 0 heteroatoms. The minimum absolute atomic E-state index is 0.990.